The fourth-order valence-corrected chi connectivity index (χ4v) is 1.55. The van der Waals surface area contributed by atoms with Crippen LogP contribution in [0.15, 0.2) is 35.8 Å². The number of ether oxygens (including phenoxy) is 1. The highest BCUT2D eigenvalue weighted by atomic mass is 32.1. The standard InChI is InChI=1S/C10H8FNOS/c11-8-3-1-2-4-9(8)13-7-10-12-5-6-14-10/h1-6H,7H2. The van der Waals surface area contributed by atoms with E-state index in [2.05, 4.69) is 4.98 Å². The predicted molar refractivity (Wildman–Crippen MR) is 52.8 cm³/mol. The number of hydrogen-bond acceptors (Lipinski definition) is 3. The SMILES string of the molecule is Fc1ccccc1OCc1nccs1. The lowest BCUT2D eigenvalue weighted by Gasteiger charge is -2.03. The number of thiazole rings is 1. The second kappa shape index (κ2) is 4.19. The van der Waals surface area contributed by atoms with Crippen LogP contribution in [0.4, 0.5) is 4.39 Å². The van der Waals surface area contributed by atoms with Crippen molar-refractivity contribution in [1.82, 2.24) is 4.98 Å². The van der Waals surface area contributed by atoms with Gasteiger partial charge in [-0.05, 0) is 12.1 Å². The molecule has 2 rings (SSSR count). The maximum absolute atomic E-state index is 13.1. The van der Waals surface area contributed by atoms with E-state index in [1.807, 2.05) is 5.38 Å². The molecule has 1 heterocycles. The van der Waals surface area contributed by atoms with E-state index < -0.39 is 0 Å². The third-order valence-electron chi connectivity index (χ3n) is 1.67. The minimum Gasteiger partial charge on any atom is -0.483 e. The molecule has 0 radical (unpaired) electrons. The summed E-state index contributed by atoms with van der Waals surface area (Å²) in [6, 6.07) is 6.34. The number of aromatic nitrogens is 1. The van der Waals surface area contributed by atoms with Crippen molar-refractivity contribution in [2.75, 3.05) is 0 Å². The topological polar surface area (TPSA) is 22.1 Å². The Morgan fingerprint density at radius 1 is 1.36 bits per heavy atom. The molecule has 0 saturated carbocycles. The van der Waals surface area contributed by atoms with Crippen LogP contribution >= 0.6 is 11.3 Å². The molecule has 2 aromatic rings. The summed E-state index contributed by atoms with van der Waals surface area (Å²) in [7, 11) is 0. The minimum atomic E-state index is -0.343. The molecule has 0 N–H and O–H groups in total. The van der Waals surface area contributed by atoms with Crippen molar-refractivity contribution in [2.45, 2.75) is 6.61 Å². The summed E-state index contributed by atoms with van der Waals surface area (Å²) in [5.74, 6) is -0.0771. The maximum atomic E-state index is 13.1. The second-order valence-electron chi connectivity index (χ2n) is 2.64. The van der Waals surface area contributed by atoms with Crippen LogP contribution in [0.1, 0.15) is 5.01 Å². The van der Waals surface area contributed by atoms with Crippen LogP contribution in [-0.4, -0.2) is 4.98 Å². The lowest BCUT2D eigenvalue weighted by molar-refractivity contribution is 0.290. The molecule has 72 valence electrons. The highest BCUT2D eigenvalue weighted by molar-refractivity contribution is 7.09. The van der Waals surface area contributed by atoms with E-state index in [1.165, 1.54) is 17.4 Å². The first-order valence-corrected chi connectivity index (χ1v) is 5.00. The Bertz CT molecular complexity index is 402. The van der Waals surface area contributed by atoms with E-state index in [1.54, 1.807) is 24.4 Å². The molecule has 0 spiro atoms. The van der Waals surface area contributed by atoms with Gasteiger partial charge in [-0.15, -0.1) is 11.3 Å². The summed E-state index contributed by atoms with van der Waals surface area (Å²) in [4.78, 5) is 4.03. The Labute approximate surface area is 85.0 Å². The van der Waals surface area contributed by atoms with Gasteiger partial charge in [-0.3, -0.25) is 0 Å². The number of nitrogens with zero attached hydrogens (tertiary/aromatic N) is 1. The second-order valence-corrected chi connectivity index (χ2v) is 3.62. The van der Waals surface area contributed by atoms with Gasteiger partial charge in [-0.25, -0.2) is 9.37 Å². The van der Waals surface area contributed by atoms with Crippen LogP contribution in [-0.2, 0) is 6.61 Å². The normalized spacial score (nSPS) is 10.1. The molecule has 0 aliphatic heterocycles. The van der Waals surface area contributed by atoms with Gasteiger partial charge < -0.3 is 4.74 Å². The average molecular weight is 209 g/mol. The van der Waals surface area contributed by atoms with E-state index in [9.17, 15) is 4.39 Å². The highest BCUT2D eigenvalue weighted by Gasteiger charge is 2.02. The number of benzene rings is 1. The van der Waals surface area contributed by atoms with Gasteiger partial charge in [0.15, 0.2) is 11.6 Å². The Kier molecular flexibility index (Phi) is 2.74. The average Bonchev–Trinajstić information content (AvgIpc) is 2.69. The zero-order chi connectivity index (χ0) is 9.80. The van der Waals surface area contributed by atoms with Crippen molar-refractivity contribution >= 4 is 11.3 Å². The smallest absolute Gasteiger partial charge is 0.165 e. The monoisotopic (exact) mass is 209 g/mol. The molecule has 0 atom stereocenters. The van der Waals surface area contributed by atoms with Gasteiger partial charge in [-0.2, -0.15) is 0 Å². The number of para-hydroxylation sites is 1. The van der Waals surface area contributed by atoms with E-state index >= 15 is 0 Å². The zero-order valence-corrected chi connectivity index (χ0v) is 8.13. The van der Waals surface area contributed by atoms with Crippen LogP contribution in [0.2, 0.25) is 0 Å². The highest BCUT2D eigenvalue weighted by Crippen LogP contribution is 2.17. The van der Waals surface area contributed by atoms with Gasteiger partial charge in [0.25, 0.3) is 0 Å². The zero-order valence-electron chi connectivity index (χ0n) is 7.31. The van der Waals surface area contributed by atoms with Crippen molar-refractivity contribution < 1.29 is 9.13 Å². The van der Waals surface area contributed by atoms with Crippen LogP contribution in [0.25, 0.3) is 0 Å². The number of hydrogen-bond donors (Lipinski definition) is 0. The molecular formula is C10H8FNOS. The van der Waals surface area contributed by atoms with Gasteiger partial charge >= 0.3 is 0 Å². The third kappa shape index (κ3) is 2.09. The fourth-order valence-electron chi connectivity index (χ4n) is 1.03. The molecule has 1 aromatic carbocycles. The number of halogens is 1. The van der Waals surface area contributed by atoms with Crippen molar-refractivity contribution in [2.24, 2.45) is 0 Å². The van der Waals surface area contributed by atoms with Gasteiger partial charge in [-0.1, -0.05) is 12.1 Å². The van der Waals surface area contributed by atoms with Crippen molar-refractivity contribution in [3.05, 3.63) is 46.7 Å². The summed E-state index contributed by atoms with van der Waals surface area (Å²) in [5.41, 5.74) is 0. The molecule has 0 unspecified atom stereocenters. The largest absolute Gasteiger partial charge is 0.483 e. The molecule has 0 saturated heterocycles. The summed E-state index contributed by atoms with van der Waals surface area (Å²) < 4.78 is 18.3. The van der Waals surface area contributed by atoms with Crippen molar-refractivity contribution in [1.29, 1.82) is 0 Å². The first kappa shape index (κ1) is 9.15. The van der Waals surface area contributed by atoms with Gasteiger partial charge in [0.1, 0.15) is 11.6 Å². The molecule has 14 heavy (non-hydrogen) atoms. The molecule has 0 aliphatic rings. The lowest BCUT2D eigenvalue weighted by Crippen LogP contribution is -1.96. The molecular weight excluding hydrogens is 201 g/mol. The Morgan fingerprint density at radius 2 is 2.21 bits per heavy atom. The van der Waals surface area contributed by atoms with E-state index in [4.69, 9.17) is 4.74 Å². The van der Waals surface area contributed by atoms with Crippen molar-refractivity contribution in [3.8, 4) is 5.75 Å². The van der Waals surface area contributed by atoms with Crippen LogP contribution in [0.3, 0.4) is 0 Å². The molecule has 0 amide bonds. The fraction of sp³-hybridized carbons (Fsp3) is 0.100. The quantitative estimate of drug-likeness (QED) is 0.775. The molecule has 4 heteroatoms. The predicted octanol–water partition coefficient (Wildman–Crippen LogP) is 2.86. The minimum absolute atomic E-state index is 0.266. The van der Waals surface area contributed by atoms with Crippen LogP contribution < -0.4 is 4.74 Å². The molecule has 0 aliphatic carbocycles. The maximum Gasteiger partial charge on any atom is 0.165 e. The summed E-state index contributed by atoms with van der Waals surface area (Å²) in [6.07, 6.45) is 1.70. The molecule has 1 aromatic heterocycles. The van der Waals surface area contributed by atoms with Gasteiger partial charge in [0.05, 0.1) is 0 Å². The van der Waals surface area contributed by atoms with E-state index in [0.29, 0.717) is 6.61 Å². The van der Waals surface area contributed by atoms with Crippen LogP contribution in [0, 0.1) is 5.82 Å². The Morgan fingerprint density at radius 3 is 2.93 bits per heavy atom. The summed E-state index contributed by atoms with van der Waals surface area (Å²) in [5, 5.41) is 2.70. The number of rotatable bonds is 3. The van der Waals surface area contributed by atoms with Gasteiger partial charge in [0.2, 0.25) is 0 Å². The van der Waals surface area contributed by atoms with Gasteiger partial charge in [0, 0.05) is 11.6 Å². The van der Waals surface area contributed by atoms with E-state index in [0.717, 1.165) is 5.01 Å². The van der Waals surface area contributed by atoms with Crippen LogP contribution in [0.5, 0.6) is 5.75 Å². The lowest BCUT2D eigenvalue weighted by atomic mass is 10.3. The first-order chi connectivity index (χ1) is 6.86. The van der Waals surface area contributed by atoms with E-state index in [-0.39, 0.29) is 11.6 Å². The molecule has 0 fully saturated rings. The van der Waals surface area contributed by atoms with Crippen molar-refractivity contribution in [3.63, 3.8) is 0 Å². The Hall–Kier alpha value is -1.42. The summed E-state index contributed by atoms with van der Waals surface area (Å²) >= 11 is 1.49. The Balaban J connectivity index is 2.02. The first-order valence-electron chi connectivity index (χ1n) is 4.12. The summed E-state index contributed by atoms with van der Waals surface area (Å²) in [6.45, 7) is 0.318. The molecule has 2 nitrogen and oxygen atoms in total. The molecule has 0 bridgehead atoms. The third-order valence-corrected chi connectivity index (χ3v) is 2.42.